The Kier molecular flexibility index (Phi) is 3.82. The number of hydrogen-bond acceptors (Lipinski definition) is 2. The van der Waals surface area contributed by atoms with Crippen molar-refractivity contribution < 1.29 is 9.90 Å². The van der Waals surface area contributed by atoms with Crippen LogP contribution in [0.2, 0.25) is 0 Å². The van der Waals surface area contributed by atoms with E-state index in [2.05, 4.69) is 29.8 Å². The van der Waals surface area contributed by atoms with Gasteiger partial charge in [-0.05, 0) is 79.4 Å². The fourth-order valence-electron chi connectivity index (χ4n) is 7.40. The van der Waals surface area contributed by atoms with E-state index in [1.807, 2.05) is 0 Å². The third-order valence-corrected chi connectivity index (χ3v) is 9.62. The molecule has 23 heavy (non-hydrogen) atoms. The van der Waals surface area contributed by atoms with E-state index in [9.17, 15) is 9.90 Å². The zero-order valence-corrected chi connectivity index (χ0v) is 16.2. The molecule has 4 saturated carbocycles. The van der Waals surface area contributed by atoms with E-state index in [1.54, 1.807) is 0 Å². The van der Waals surface area contributed by atoms with Crippen LogP contribution in [0.15, 0.2) is 0 Å². The first-order chi connectivity index (χ1) is 10.8. The Labute approximate surface area is 148 Å². The zero-order chi connectivity index (χ0) is 16.5. The maximum absolute atomic E-state index is 12.5. The minimum Gasteiger partial charge on any atom is -0.381 e. The maximum Gasteiger partial charge on any atom is 0.165 e. The van der Waals surface area contributed by atoms with Gasteiger partial charge in [0.2, 0.25) is 0 Å². The predicted octanol–water partition coefficient (Wildman–Crippen LogP) is 4.72. The third kappa shape index (κ3) is 2.25. The van der Waals surface area contributed by atoms with Gasteiger partial charge in [-0.25, -0.2) is 0 Å². The van der Waals surface area contributed by atoms with Crippen LogP contribution < -0.4 is 0 Å². The number of hydrogen-bond donors (Lipinski definition) is 1. The Balaban J connectivity index is 1.66. The third-order valence-electron chi connectivity index (χ3n) is 8.69. The topological polar surface area (TPSA) is 37.3 Å². The highest BCUT2D eigenvalue weighted by molar-refractivity contribution is 9.09. The first kappa shape index (κ1) is 16.6. The molecule has 0 aromatic carbocycles. The lowest BCUT2D eigenvalue weighted by molar-refractivity contribution is -0.168. The first-order valence-electron chi connectivity index (χ1n) is 9.64. The molecular weight excluding hydrogens is 352 g/mol. The Morgan fingerprint density at radius 2 is 1.91 bits per heavy atom. The summed E-state index contributed by atoms with van der Waals surface area (Å²) in [4.78, 5) is 12.5. The van der Waals surface area contributed by atoms with Crippen molar-refractivity contribution in [3.8, 4) is 0 Å². The molecule has 0 spiro atoms. The number of halogens is 1. The Morgan fingerprint density at radius 1 is 1.13 bits per heavy atom. The molecule has 0 heterocycles. The number of alkyl halides is 1. The van der Waals surface area contributed by atoms with Crippen molar-refractivity contribution in [3.05, 3.63) is 0 Å². The van der Waals surface area contributed by atoms with E-state index < -0.39 is 5.60 Å². The summed E-state index contributed by atoms with van der Waals surface area (Å²) < 4.78 is 0. The molecule has 4 fully saturated rings. The van der Waals surface area contributed by atoms with E-state index in [4.69, 9.17) is 0 Å². The van der Waals surface area contributed by atoms with Gasteiger partial charge in [-0.1, -0.05) is 36.2 Å². The summed E-state index contributed by atoms with van der Waals surface area (Å²) >= 11 is 3.42. The molecule has 4 aliphatic rings. The van der Waals surface area contributed by atoms with Gasteiger partial charge in [0.25, 0.3) is 0 Å². The second-order valence-corrected chi connectivity index (χ2v) is 10.3. The van der Waals surface area contributed by atoms with Crippen LogP contribution in [-0.2, 0) is 4.79 Å². The van der Waals surface area contributed by atoms with Crippen molar-refractivity contribution in [1.82, 2.24) is 0 Å². The second-order valence-electron chi connectivity index (χ2n) is 9.71. The molecule has 2 nitrogen and oxygen atoms in total. The lowest BCUT2D eigenvalue weighted by Crippen LogP contribution is -2.59. The zero-order valence-electron chi connectivity index (χ0n) is 14.6. The summed E-state index contributed by atoms with van der Waals surface area (Å²) in [6.07, 6.45) is 10.7. The fourth-order valence-corrected chi connectivity index (χ4v) is 7.91. The summed E-state index contributed by atoms with van der Waals surface area (Å²) in [6, 6.07) is 0. The predicted molar refractivity (Wildman–Crippen MR) is 95.5 cm³/mol. The summed E-state index contributed by atoms with van der Waals surface area (Å²) in [5.41, 5.74) is -0.382. The van der Waals surface area contributed by atoms with Crippen LogP contribution in [0.1, 0.15) is 71.6 Å². The van der Waals surface area contributed by atoms with E-state index in [0.717, 1.165) is 17.8 Å². The van der Waals surface area contributed by atoms with Crippen molar-refractivity contribution >= 4 is 21.7 Å². The standard InChI is InChI=1S/C20H31BrO2/c1-18-8-3-4-15(18)14-6-5-13-10-17(22)20(23,12-21)11-19(13,2)16(14)7-9-18/h13-16,23H,3-12H2,1-2H3/t13?,14-,15-,16+,18-,19-,20?/m0/s1. The number of carbonyl (C=O) groups is 1. The number of fused-ring (bicyclic) bond motifs is 5. The minimum absolute atomic E-state index is 0.0804. The Bertz CT molecular complexity index is 520. The Morgan fingerprint density at radius 3 is 2.65 bits per heavy atom. The average molecular weight is 383 g/mol. The van der Waals surface area contributed by atoms with Gasteiger partial charge >= 0.3 is 0 Å². The van der Waals surface area contributed by atoms with Gasteiger partial charge in [0.15, 0.2) is 5.78 Å². The van der Waals surface area contributed by atoms with Crippen LogP contribution in [-0.4, -0.2) is 21.8 Å². The summed E-state index contributed by atoms with van der Waals surface area (Å²) in [6.45, 7) is 4.95. The number of aliphatic hydroxyl groups is 1. The molecule has 1 N–H and O–H groups in total. The van der Waals surface area contributed by atoms with E-state index in [-0.39, 0.29) is 11.2 Å². The van der Waals surface area contributed by atoms with Gasteiger partial charge in [0, 0.05) is 11.8 Å². The molecule has 0 aromatic heterocycles. The van der Waals surface area contributed by atoms with Gasteiger partial charge in [0.05, 0.1) is 0 Å². The fraction of sp³-hybridized carbons (Fsp3) is 0.950. The summed E-state index contributed by atoms with van der Waals surface area (Å²) in [5, 5.41) is 11.3. The monoisotopic (exact) mass is 382 g/mol. The first-order valence-corrected chi connectivity index (χ1v) is 10.8. The lowest BCUT2D eigenvalue weighted by atomic mass is 9.44. The van der Waals surface area contributed by atoms with Crippen molar-refractivity contribution in [1.29, 1.82) is 0 Å². The van der Waals surface area contributed by atoms with Gasteiger partial charge in [-0.15, -0.1) is 0 Å². The van der Waals surface area contributed by atoms with Crippen LogP contribution in [0.4, 0.5) is 0 Å². The largest absolute Gasteiger partial charge is 0.381 e. The molecule has 0 amide bonds. The summed E-state index contributed by atoms with van der Waals surface area (Å²) in [7, 11) is 0. The average Bonchev–Trinajstić information content (AvgIpc) is 2.90. The molecule has 0 radical (unpaired) electrons. The smallest absolute Gasteiger partial charge is 0.165 e. The lowest BCUT2D eigenvalue weighted by Gasteiger charge is -2.61. The van der Waals surface area contributed by atoms with Gasteiger partial charge in [-0.2, -0.15) is 0 Å². The van der Waals surface area contributed by atoms with Crippen molar-refractivity contribution in [2.45, 2.75) is 77.2 Å². The van der Waals surface area contributed by atoms with Crippen LogP contribution in [0.25, 0.3) is 0 Å². The van der Waals surface area contributed by atoms with Crippen LogP contribution in [0, 0.1) is 34.5 Å². The van der Waals surface area contributed by atoms with Crippen LogP contribution in [0.3, 0.4) is 0 Å². The van der Waals surface area contributed by atoms with Gasteiger partial charge in [-0.3, -0.25) is 4.79 Å². The highest BCUT2D eigenvalue weighted by Gasteiger charge is 2.61. The Hall–Kier alpha value is 0.110. The van der Waals surface area contributed by atoms with Crippen molar-refractivity contribution in [2.24, 2.45) is 34.5 Å². The molecule has 4 rings (SSSR count). The highest BCUT2D eigenvalue weighted by Crippen LogP contribution is 2.66. The number of rotatable bonds is 1. The molecular formula is C20H31BrO2. The minimum atomic E-state index is -1.12. The second kappa shape index (κ2) is 5.30. The summed E-state index contributed by atoms with van der Waals surface area (Å²) in [5.74, 6) is 3.04. The molecule has 0 aromatic rings. The molecule has 130 valence electrons. The molecule has 7 atom stereocenters. The number of carbonyl (C=O) groups excluding carboxylic acids is 1. The maximum atomic E-state index is 12.5. The van der Waals surface area contributed by atoms with Crippen molar-refractivity contribution in [2.75, 3.05) is 5.33 Å². The van der Waals surface area contributed by atoms with Gasteiger partial charge in [0.1, 0.15) is 5.60 Å². The quantitative estimate of drug-likeness (QED) is 0.665. The molecule has 2 unspecified atom stereocenters. The van der Waals surface area contributed by atoms with Crippen LogP contribution in [0.5, 0.6) is 0 Å². The number of ketones is 1. The molecule has 3 heteroatoms. The van der Waals surface area contributed by atoms with E-state index in [0.29, 0.717) is 29.5 Å². The number of Topliss-reactive ketones (excluding diaryl/α,β-unsaturated/α-hetero) is 1. The molecule has 0 aliphatic heterocycles. The molecule has 0 saturated heterocycles. The van der Waals surface area contributed by atoms with Crippen LogP contribution >= 0.6 is 15.9 Å². The SMILES string of the molecule is C[C@@]12CCC[C@H]1[C@@H]1CCC3CC(=O)C(O)(CBr)C[C@]3(C)[C@@H]1CC2. The van der Waals surface area contributed by atoms with Gasteiger partial charge < -0.3 is 5.11 Å². The van der Waals surface area contributed by atoms with E-state index >= 15 is 0 Å². The van der Waals surface area contributed by atoms with Crippen molar-refractivity contribution in [3.63, 3.8) is 0 Å². The highest BCUT2D eigenvalue weighted by atomic mass is 79.9. The van der Waals surface area contributed by atoms with E-state index in [1.165, 1.54) is 44.9 Å². The molecule has 4 aliphatic carbocycles. The molecule has 0 bridgehead atoms. The normalized spacial score (nSPS) is 55.9.